The quantitative estimate of drug-likeness (QED) is 0.739. The van der Waals surface area contributed by atoms with Gasteiger partial charge in [-0.25, -0.2) is 0 Å². The topological polar surface area (TPSA) is 52.5 Å². The van der Waals surface area contributed by atoms with Crippen molar-refractivity contribution in [2.24, 2.45) is 0 Å². The molecule has 0 atom stereocenters. The van der Waals surface area contributed by atoms with Gasteiger partial charge in [-0.1, -0.05) is 18.9 Å². The lowest BCUT2D eigenvalue weighted by Gasteiger charge is -2.10. The number of nitrogens with zero attached hydrogens (tertiary/aromatic N) is 1. The number of nitrogens with one attached hydrogen (secondary N) is 1. The second kappa shape index (κ2) is 6.36. The number of amides is 1. The van der Waals surface area contributed by atoms with Gasteiger partial charge in [-0.3, -0.25) is 4.79 Å². The molecule has 0 spiro atoms. The first-order valence-electron chi connectivity index (χ1n) is 9.04. The van der Waals surface area contributed by atoms with Crippen LogP contribution in [0.3, 0.4) is 0 Å². The first-order valence-corrected chi connectivity index (χ1v) is 9.86. The van der Waals surface area contributed by atoms with Crippen molar-refractivity contribution in [3.63, 3.8) is 0 Å². The molecule has 1 saturated carbocycles. The first-order chi connectivity index (χ1) is 12.8. The second-order valence-electron chi connectivity index (χ2n) is 6.94. The number of fused-ring (bicyclic) bond motifs is 2. The Bertz CT molecular complexity index is 937. The highest BCUT2D eigenvalue weighted by molar-refractivity contribution is 7.20. The third-order valence-corrected chi connectivity index (χ3v) is 6.29. The van der Waals surface area contributed by atoms with E-state index in [0.29, 0.717) is 12.6 Å². The van der Waals surface area contributed by atoms with Gasteiger partial charge in [0, 0.05) is 30.4 Å². The van der Waals surface area contributed by atoms with Crippen LogP contribution in [0.15, 0.2) is 36.7 Å². The summed E-state index contributed by atoms with van der Waals surface area (Å²) in [5.41, 5.74) is 0.997. The Morgan fingerprint density at radius 3 is 2.85 bits per heavy atom. The number of aromatic nitrogens is 1. The number of rotatable bonds is 4. The van der Waals surface area contributed by atoms with Gasteiger partial charge in [0.1, 0.15) is 0 Å². The maximum atomic E-state index is 12.5. The third-order valence-electron chi connectivity index (χ3n) is 5.21. The van der Waals surface area contributed by atoms with Crippen molar-refractivity contribution in [1.82, 2.24) is 9.88 Å². The highest BCUT2D eigenvalue weighted by atomic mass is 32.1. The zero-order chi connectivity index (χ0) is 17.5. The van der Waals surface area contributed by atoms with Gasteiger partial charge in [0.25, 0.3) is 5.91 Å². The summed E-state index contributed by atoms with van der Waals surface area (Å²) in [6.07, 6.45) is 9.57. The van der Waals surface area contributed by atoms with E-state index >= 15 is 0 Å². The van der Waals surface area contributed by atoms with E-state index in [1.54, 1.807) is 11.3 Å². The molecular weight excluding hydrogens is 348 g/mol. The Kier molecular flexibility index (Phi) is 3.85. The summed E-state index contributed by atoms with van der Waals surface area (Å²) in [7, 11) is 0. The molecule has 2 aromatic heterocycles. The van der Waals surface area contributed by atoms with Crippen molar-refractivity contribution in [3.8, 4) is 11.5 Å². The monoisotopic (exact) mass is 368 g/mol. The zero-order valence-corrected chi connectivity index (χ0v) is 15.2. The molecule has 2 aliphatic rings. The molecule has 0 bridgehead atoms. The molecule has 1 aromatic carbocycles. The van der Waals surface area contributed by atoms with E-state index in [9.17, 15) is 4.79 Å². The predicted octanol–water partition coefficient (Wildman–Crippen LogP) is 4.48. The Morgan fingerprint density at radius 2 is 2.00 bits per heavy atom. The number of hydrogen-bond donors (Lipinski definition) is 1. The summed E-state index contributed by atoms with van der Waals surface area (Å²) in [6.45, 7) is 0.733. The first kappa shape index (κ1) is 15.8. The van der Waals surface area contributed by atoms with Crippen LogP contribution in [-0.2, 0) is 6.54 Å². The fraction of sp³-hybridized carbons (Fsp3) is 0.350. The molecule has 1 aliphatic carbocycles. The Morgan fingerprint density at radius 1 is 1.15 bits per heavy atom. The minimum Gasteiger partial charge on any atom is -0.454 e. The summed E-state index contributed by atoms with van der Waals surface area (Å²) in [6, 6.07) is 8.38. The maximum absolute atomic E-state index is 12.5. The van der Waals surface area contributed by atoms with Crippen LogP contribution in [0.5, 0.6) is 11.5 Å². The number of ether oxygens (including phenoxy) is 2. The molecule has 3 heterocycles. The van der Waals surface area contributed by atoms with Crippen LogP contribution in [0.1, 0.15) is 47.0 Å². The average molecular weight is 368 g/mol. The van der Waals surface area contributed by atoms with Gasteiger partial charge in [0.2, 0.25) is 6.79 Å². The van der Waals surface area contributed by atoms with Crippen LogP contribution < -0.4 is 14.8 Å². The van der Waals surface area contributed by atoms with E-state index in [1.807, 2.05) is 24.3 Å². The molecule has 26 heavy (non-hydrogen) atoms. The van der Waals surface area contributed by atoms with Crippen molar-refractivity contribution in [3.05, 3.63) is 47.1 Å². The van der Waals surface area contributed by atoms with Gasteiger partial charge in [-0.15, -0.1) is 11.3 Å². The van der Waals surface area contributed by atoms with Crippen LogP contribution in [0.2, 0.25) is 0 Å². The van der Waals surface area contributed by atoms with Gasteiger partial charge < -0.3 is 19.4 Å². The van der Waals surface area contributed by atoms with E-state index in [-0.39, 0.29) is 12.7 Å². The van der Waals surface area contributed by atoms with Crippen molar-refractivity contribution in [1.29, 1.82) is 0 Å². The van der Waals surface area contributed by atoms with E-state index in [1.165, 1.54) is 30.4 Å². The lowest BCUT2D eigenvalue weighted by atomic mass is 10.2. The van der Waals surface area contributed by atoms with Gasteiger partial charge in [-0.05, 0) is 36.6 Å². The normalized spacial score (nSPS) is 16.5. The summed E-state index contributed by atoms with van der Waals surface area (Å²) in [5, 5.41) is 4.16. The molecule has 5 nitrogen and oxygen atoms in total. The predicted molar refractivity (Wildman–Crippen MR) is 101 cm³/mol. The average Bonchev–Trinajstić information content (AvgIpc) is 3.41. The Hall–Kier alpha value is -2.47. The summed E-state index contributed by atoms with van der Waals surface area (Å²) >= 11 is 1.56. The Balaban J connectivity index is 1.27. The van der Waals surface area contributed by atoms with Gasteiger partial charge in [0.15, 0.2) is 11.5 Å². The minimum absolute atomic E-state index is 0.0312. The minimum atomic E-state index is -0.0312. The number of carbonyl (C=O) groups is 1. The highest BCUT2D eigenvalue weighted by Crippen LogP contribution is 2.34. The van der Waals surface area contributed by atoms with Crippen molar-refractivity contribution in [2.45, 2.75) is 38.3 Å². The molecule has 1 aliphatic heterocycles. The molecule has 5 rings (SSSR count). The maximum Gasteiger partial charge on any atom is 0.261 e. The van der Waals surface area contributed by atoms with Gasteiger partial charge >= 0.3 is 0 Å². The smallest absolute Gasteiger partial charge is 0.261 e. The van der Waals surface area contributed by atoms with E-state index in [0.717, 1.165) is 27.3 Å². The molecule has 1 fully saturated rings. The van der Waals surface area contributed by atoms with Crippen molar-refractivity contribution < 1.29 is 14.3 Å². The number of thiophene rings is 1. The third kappa shape index (κ3) is 2.84. The SMILES string of the molecule is O=C(NCc1ccc2c(c1)OCO2)c1cc2cn(C3CCCC3)cc2s1. The molecule has 1 N–H and O–H groups in total. The van der Waals surface area contributed by atoms with Crippen LogP contribution >= 0.6 is 11.3 Å². The van der Waals surface area contributed by atoms with Crippen LogP contribution in [0.25, 0.3) is 10.1 Å². The van der Waals surface area contributed by atoms with Crippen LogP contribution in [0.4, 0.5) is 0 Å². The largest absolute Gasteiger partial charge is 0.454 e. The van der Waals surface area contributed by atoms with E-state index in [2.05, 4.69) is 22.3 Å². The van der Waals surface area contributed by atoms with Gasteiger partial charge in [-0.2, -0.15) is 0 Å². The number of benzene rings is 1. The lowest BCUT2D eigenvalue weighted by molar-refractivity contribution is 0.0955. The molecule has 6 heteroatoms. The van der Waals surface area contributed by atoms with Crippen LogP contribution in [-0.4, -0.2) is 17.3 Å². The molecule has 1 amide bonds. The molecule has 134 valence electrons. The van der Waals surface area contributed by atoms with E-state index < -0.39 is 0 Å². The summed E-state index contributed by atoms with van der Waals surface area (Å²) < 4.78 is 14.2. The molecular formula is C20H20N2O3S. The molecule has 3 aromatic rings. The summed E-state index contributed by atoms with van der Waals surface area (Å²) in [5.74, 6) is 1.46. The second-order valence-corrected chi connectivity index (χ2v) is 8.03. The number of carbonyl (C=O) groups excluding carboxylic acids is 1. The van der Waals surface area contributed by atoms with Crippen molar-refractivity contribution >= 4 is 27.3 Å². The molecule has 0 saturated heterocycles. The number of hydrogen-bond acceptors (Lipinski definition) is 4. The van der Waals surface area contributed by atoms with Gasteiger partial charge in [0.05, 0.1) is 9.58 Å². The fourth-order valence-corrected chi connectivity index (χ4v) is 4.79. The molecule has 0 unspecified atom stereocenters. The highest BCUT2D eigenvalue weighted by Gasteiger charge is 2.19. The Labute approximate surface area is 155 Å². The lowest BCUT2D eigenvalue weighted by Crippen LogP contribution is -2.21. The fourth-order valence-electron chi connectivity index (χ4n) is 3.80. The molecule has 0 radical (unpaired) electrons. The zero-order valence-electron chi connectivity index (χ0n) is 14.4. The van der Waals surface area contributed by atoms with Crippen molar-refractivity contribution in [2.75, 3.05) is 6.79 Å². The van der Waals surface area contributed by atoms with E-state index in [4.69, 9.17) is 9.47 Å². The summed E-state index contributed by atoms with van der Waals surface area (Å²) in [4.78, 5) is 13.3. The standard InChI is InChI=1S/C20H20N2O3S/c23-20(21-9-13-5-6-16-17(7-13)25-12-24-16)18-8-14-10-22(11-19(14)26-18)15-3-1-2-4-15/h5-8,10-11,15H,1-4,9,12H2,(H,21,23). The van der Waals surface area contributed by atoms with Crippen LogP contribution in [0, 0.1) is 0 Å².